The van der Waals surface area contributed by atoms with Crippen LogP contribution in [0.1, 0.15) is 10.4 Å². The molecule has 1 aromatic rings. The number of nitrogens with one attached hydrogen (secondary N) is 1. The van der Waals surface area contributed by atoms with Crippen LogP contribution in [0.15, 0.2) is 30.3 Å². The van der Waals surface area contributed by atoms with E-state index in [-0.39, 0.29) is 11.5 Å². The molecule has 1 rings (SSSR count). The smallest absolute Gasteiger partial charge is 0.313 e. The zero-order chi connectivity index (χ0) is 12.7. The van der Waals surface area contributed by atoms with E-state index in [0.29, 0.717) is 5.56 Å². The van der Waals surface area contributed by atoms with E-state index < -0.39 is 17.8 Å². The van der Waals surface area contributed by atoms with Gasteiger partial charge in [0.2, 0.25) is 5.91 Å². The Kier molecular flexibility index (Phi) is 5.22. The van der Waals surface area contributed by atoms with Crippen LogP contribution in [0.4, 0.5) is 0 Å². The Labute approximate surface area is 102 Å². The lowest BCUT2D eigenvalue weighted by Gasteiger charge is -2.02. The number of rotatable bonds is 5. The highest BCUT2D eigenvalue weighted by Gasteiger charge is 2.10. The molecule has 0 saturated heterocycles. The summed E-state index contributed by atoms with van der Waals surface area (Å²) in [6.07, 6.45) is 0. The highest BCUT2D eigenvalue weighted by Crippen LogP contribution is 2.00. The maximum atomic E-state index is 11.5. The molecule has 0 aliphatic rings. The third-order valence-electron chi connectivity index (χ3n) is 1.75. The molecule has 0 spiro atoms. The second-order valence-corrected chi connectivity index (χ2v) is 4.12. The molecule has 0 aliphatic heterocycles. The fourth-order valence-corrected chi connectivity index (χ4v) is 1.59. The lowest BCUT2D eigenvalue weighted by Crippen LogP contribution is -2.32. The minimum absolute atomic E-state index is 0.0507. The molecular weight excluding hydrogens is 242 g/mol. The molecule has 1 aromatic carbocycles. The number of benzene rings is 1. The van der Waals surface area contributed by atoms with Gasteiger partial charge in [-0.3, -0.25) is 19.7 Å². The number of carbonyl (C=O) groups excluding carboxylic acids is 2. The Morgan fingerprint density at radius 2 is 1.76 bits per heavy atom. The van der Waals surface area contributed by atoms with Crippen molar-refractivity contribution in [1.82, 2.24) is 5.32 Å². The van der Waals surface area contributed by atoms with Gasteiger partial charge in [-0.05, 0) is 12.1 Å². The summed E-state index contributed by atoms with van der Waals surface area (Å²) in [6, 6.07) is 8.33. The first-order valence-corrected chi connectivity index (χ1v) is 5.94. The summed E-state index contributed by atoms with van der Waals surface area (Å²) in [6.45, 7) is 0. The number of carbonyl (C=O) groups is 3. The predicted octanol–water partition coefficient (Wildman–Crippen LogP) is 0.761. The van der Waals surface area contributed by atoms with Crippen LogP contribution in [-0.4, -0.2) is 34.4 Å². The van der Waals surface area contributed by atoms with Crippen LogP contribution in [0, 0.1) is 0 Å². The molecule has 0 atom stereocenters. The number of hydrogen-bond donors (Lipinski definition) is 2. The number of imide groups is 1. The van der Waals surface area contributed by atoms with E-state index >= 15 is 0 Å². The molecule has 0 heterocycles. The van der Waals surface area contributed by atoms with E-state index in [1.165, 1.54) is 0 Å². The second kappa shape index (κ2) is 6.70. The van der Waals surface area contributed by atoms with Gasteiger partial charge in [-0.2, -0.15) is 0 Å². The summed E-state index contributed by atoms with van der Waals surface area (Å²) in [4.78, 5) is 33.0. The van der Waals surface area contributed by atoms with Crippen molar-refractivity contribution in [2.75, 3.05) is 11.5 Å². The molecule has 17 heavy (non-hydrogen) atoms. The molecule has 0 aromatic heterocycles. The Hall–Kier alpha value is -1.82. The molecule has 0 unspecified atom stereocenters. The van der Waals surface area contributed by atoms with Gasteiger partial charge in [0.25, 0.3) is 5.91 Å². The molecule has 0 radical (unpaired) electrons. The Morgan fingerprint density at radius 3 is 2.35 bits per heavy atom. The maximum absolute atomic E-state index is 11.5. The number of amides is 2. The quantitative estimate of drug-likeness (QED) is 0.809. The monoisotopic (exact) mass is 253 g/mol. The normalized spacial score (nSPS) is 9.65. The molecule has 0 saturated carbocycles. The second-order valence-electron chi connectivity index (χ2n) is 3.13. The number of carboxylic acids is 1. The van der Waals surface area contributed by atoms with Crippen molar-refractivity contribution < 1.29 is 19.5 Å². The summed E-state index contributed by atoms with van der Waals surface area (Å²) in [5, 5.41) is 10.5. The summed E-state index contributed by atoms with van der Waals surface area (Å²) < 4.78 is 0. The van der Waals surface area contributed by atoms with Crippen molar-refractivity contribution in [3.63, 3.8) is 0 Å². The van der Waals surface area contributed by atoms with Crippen molar-refractivity contribution in [2.45, 2.75) is 0 Å². The lowest BCUT2D eigenvalue weighted by molar-refractivity contribution is -0.133. The molecule has 0 bridgehead atoms. The van der Waals surface area contributed by atoms with Gasteiger partial charge in [0.05, 0.1) is 11.5 Å². The van der Waals surface area contributed by atoms with Crippen LogP contribution in [0.2, 0.25) is 0 Å². The molecule has 5 nitrogen and oxygen atoms in total. The first-order chi connectivity index (χ1) is 8.09. The number of thioether (sulfide) groups is 1. The highest BCUT2D eigenvalue weighted by molar-refractivity contribution is 8.00. The maximum Gasteiger partial charge on any atom is 0.313 e. The van der Waals surface area contributed by atoms with Gasteiger partial charge in [-0.25, -0.2) is 0 Å². The Morgan fingerprint density at radius 1 is 1.12 bits per heavy atom. The van der Waals surface area contributed by atoms with Crippen molar-refractivity contribution in [2.24, 2.45) is 0 Å². The lowest BCUT2D eigenvalue weighted by atomic mass is 10.2. The van der Waals surface area contributed by atoms with Crippen LogP contribution in [0.3, 0.4) is 0 Å². The minimum atomic E-state index is -0.989. The van der Waals surface area contributed by atoms with E-state index in [0.717, 1.165) is 11.8 Å². The van der Waals surface area contributed by atoms with Crippen LogP contribution in [0.25, 0.3) is 0 Å². The molecule has 6 heteroatoms. The molecule has 0 fully saturated rings. The molecule has 0 aliphatic carbocycles. The largest absolute Gasteiger partial charge is 0.481 e. The van der Waals surface area contributed by atoms with E-state index in [9.17, 15) is 14.4 Å². The van der Waals surface area contributed by atoms with Crippen molar-refractivity contribution in [1.29, 1.82) is 0 Å². The van der Waals surface area contributed by atoms with Gasteiger partial charge in [-0.15, -0.1) is 11.8 Å². The van der Waals surface area contributed by atoms with Crippen molar-refractivity contribution in [3.05, 3.63) is 35.9 Å². The number of hydrogen-bond acceptors (Lipinski definition) is 4. The Balaban J connectivity index is 2.36. The summed E-state index contributed by atoms with van der Waals surface area (Å²) >= 11 is 0.943. The predicted molar refractivity (Wildman–Crippen MR) is 63.9 cm³/mol. The molecule has 2 amide bonds. The van der Waals surface area contributed by atoms with Gasteiger partial charge < -0.3 is 5.11 Å². The Bertz CT molecular complexity index is 419. The average Bonchev–Trinajstić information content (AvgIpc) is 2.29. The fourth-order valence-electron chi connectivity index (χ4n) is 1.06. The van der Waals surface area contributed by atoms with Crippen LogP contribution in [0.5, 0.6) is 0 Å². The van der Waals surface area contributed by atoms with Crippen LogP contribution in [-0.2, 0) is 9.59 Å². The van der Waals surface area contributed by atoms with Crippen molar-refractivity contribution >= 4 is 29.5 Å². The van der Waals surface area contributed by atoms with Gasteiger partial charge in [0.1, 0.15) is 0 Å². The average molecular weight is 253 g/mol. The standard InChI is InChI=1S/C11H11NO4S/c13-9(6-17-7-10(14)15)12-11(16)8-4-2-1-3-5-8/h1-5H,6-7H2,(H,14,15)(H,12,13,16). The van der Waals surface area contributed by atoms with Crippen molar-refractivity contribution in [3.8, 4) is 0 Å². The molecule has 90 valence electrons. The highest BCUT2D eigenvalue weighted by atomic mass is 32.2. The summed E-state index contributed by atoms with van der Waals surface area (Å²) in [7, 11) is 0. The van der Waals surface area contributed by atoms with Crippen LogP contribution >= 0.6 is 11.8 Å². The summed E-state index contributed by atoms with van der Waals surface area (Å²) in [5.74, 6) is -2.17. The van der Waals surface area contributed by atoms with E-state index in [4.69, 9.17) is 5.11 Å². The topological polar surface area (TPSA) is 83.5 Å². The minimum Gasteiger partial charge on any atom is -0.481 e. The van der Waals surface area contributed by atoms with E-state index in [1.54, 1.807) is 30.3 Å². The first kappa shape index (κ1) is 13.2. The number of carboxylic acid groups (broad SMARTS) is 1. The van der Waals surface area contributed by atoms with Gasteiger partial charge in [0, 0.05) is 5.56 Å². The van der Waals surface area contributed by atoms with E-state index in [1.807, 2.05) is 0 Å². The van der Waals surface area contributed by atoms with Gasteiger partial charge >= 0.3 is 5.97 Å². The molecular formula is C11H11NO4S. The molecule has 2 N–H and O–H groups in total. The van der Waals surface area contributed by atoms with Gasteiger partial charge in [-0.1, -0.05) is 18.2 Å². The zero-order valence-electron chi connectivity index (χ0n) is 8.88. The van der Waals surface area contributed by atoms with E-state index in [2.05, 4.69) is 5.32 Å². The third kappa shape index (κ3) is 5.17. The van der Waals surface area contributed by atoms with Gasteiger partial charge in [0.15, 0.2) is 0 Å². The fraction of sp³-hybridized carbons (Fsp3) is 0.182. The SMILES string of the molecule is O=C(O)CSCC(=O)NC(=O)c1ccccc1. The van der Waals surface area contributed by atoms with Crippen LogP contribution < -0.4 is 5.32 Å². The third-order valence-corrected chi connectivity index (χ3v) is 2.67. The number of aliphatic carboxylic acids is 1. The zero-order valence-corrected chi connectivity index (χ0v) is 9.70. The summed E-state index contributed by atoms with van der Waals surface area (Å²) in [5.41, 5.74) is 0.393. The first-order valence-electron chi connectivity index (χ1n) is 4.78.